The van der Waals surface area contributed by atoms with Gasteiger partial charge in [-0.3, -0.25) is 4.79 Å². The van der Waals surface area contributed by atoms with Gasteiger partial charge in [-0.25, -0.2) is 13.1 Å². The lowest BCUT2D eigenvalue weighted by Gasteiger charge is -2.19. The van der Waals surface area contributed by atoms with Gasteiger partial charge < -0.3 is 5.32 Å². The van der Waals surface area contributed by atoms with E-state index in [1.807, 2.05) is 6.07 Å². The molecule has 0 radical (unpaired) electrons. The van der Waals surface area contributed by atoms with E-state index < -0.39 is 14.8 Å². The van der Waals surface area contributed by atoms with Crippen molar-refractivity contribution in [1.82, 2.24) is 4.72 Å². The van der Waals surface area contributed by atoms with Gasteiger partial charge in [0, 0.05) is 18.7 Å². The van der Waals surface area contributed by atoms with E-state index in [2.05, 4.69) is 42.9 Å². The van der Waals surface area contributed by atoms with Crippen LogP contribution in [0.3, 0.4) is 0 Å². The van der Waals surface area contributed by atoms with Gasteiger partial charge in [0.05, 0.1) is 4.75 Å². The number of sulfonamides is 1. The number of hydrogen-bond acceptors (Lipinski definition) is 3. The number of nitrogens with one attached hydrogen (secondary N) is 2. The number of rotatable bonds is 7. The number of fused-ring (bicyclic) bond motifs is 1. The van der Waals surface area contributed by atoms with Gasteiger partial charge in [-0.1, -0.05) is 26.8 Å². The molecule has 0 aromatic heterocycles. The van der Waals surface area contributed by atoms with Crippen molar-refractivity contribution in [2.75, 3.05) is 11.9 Å². The molecule has 5 nitrogen and oxygen atoms in total. The molecule has 1 amide bonds. The molecule has 1 aromatic carbocycles. The molecular weight excluding hydrogens is 360 g/mol. The van der Waals surface area contributed by atoms with E-state index in [1.54, 1.807) is 20.8 Å². The Labute approximate surface area is 164 Å². The van der Waals surface area contributed by atoms with E-state index in [0.717, 1.165) is 5.69 Å². The Morgan fingerprint density at radius 3 is 2.30 bits per heavy atom. The summed E-state index contributed by atoms with van der Waals surface area (Å²) in [6.45, 7) is 12.2. The van der Waals surface area contributed by atoms with Crippen molar-refractivity contribution in [2.45, 2.75) is 77.4 Å². The quantitative estimate of drug-likeness (QED) is 0.674. The molecule has 0 bridgehead atoms. The van der Waals surface area contributed by atoms with Gasteiger partial charge in [0.25, 0.3) is 0 Å². The molecule has 0 spiro atoms. The molecule has 1 aliphatic rings. The lowest BCUT2D eigenvalue weighted by molar-refractivity contribution is -0.116. The van der Waals surface area contributed by atoms with Gasteiger partial charge in [0.2, 0.25) is 15.9 Å². The first kappa shape index (κ1) is 21.9. The van der Waals surface area contributed by atoms with Gasteiger partial charge in [-0.2, -0.15) is 0 Å². The van der Waals surface area contributed by atoms with Crippen LogP contribution in [0.25, 0.3) is 0 Å². The van der Waals surface area contributed by atoms with Crippen LogP contribution in [0.1, 0.15) is 83.8 Å². The molecular formula is C21H34N2O3S. The summed E-state index contributed by atoms with van der Waals surface area (Å²) in [6.07, 6.45) is 1.67. The van der Waals surface area contributed by atoms with Crippen LogP contribution in [0.4, 0.5) is 5.69 Å². The van der Waals surface area contributed by atoms with E-state index in [0.29, 0.717) is 43.6 Å². The molecule has 6 heteroatoms. The van der Waals surface area contributed by atoms with Gasteiger partial charge in [0.15, 0.2) is 0 Å². The number of carbonyl (C=O) groups is 1. The fourth-order valence-corrected chi connectivity index (χ4v) is 4.36. The van der Waals surface area contributed by atoms with Crippen LogP contribution >= 0.6 is 0 Å². The minimum atomic E-state index is -3.32. The third-order valence-corrected chi connectivity index (χ3v) is 8.05. The van der Waals surface area contributed by atoms with Crippen molar-refractivity contribution in [3.05, 3.63) is 29.3 Å². The maximum Gasteiger partial charge on any atom is 0.224 e. The van der Waals surface area contributed by atoms with Gasteiger partial charge >= 0.3 is 0 Å². The van der Waals surface area contributed by atoms with Crippen LogP contribution < -0.4 is 10.0 Å². The smallest absolute Gasteiger partial charge is 0.224 e. The summed E-state index contributed by atoms with van der Waals surface area (Å²) in [4.78, 5) is 12.2. The molecule has 0 aliphatic heterocycles. The summed E-state index contributed by atoms with van der Waals surface area (Å²) in [5.41, 5.74) is 3.57. The topological polar surface area (TPSA) is 75.3 Å². The van der Waals surface area contributed by atoms with Crippen molar-refractivity contribution in [3.8, 4) is 0 Å². The predicted molar refractivity (Wildman–Crippen MR) is 112 cm³/mol. The highest BCUT2D eigenvalue weighted by atomic mass is 32.2. The third-order valence-electron chi connectivity index (χ3n) is 5.86. The molecule has 0 fully saturated rings. The summed E-state index contributed by atoms with van der Waals surface area (Å²) in [6, 6.07) is 6.22. The first-order valence-corrected chi connectivity index (χ1v) is 11.4. The van der Waals surface area contributed by atoms with E-state index in [-0.39, 0.29) is 5.91 Å². The van der Waals surface area contributed by atoms with E-state index in [1.165, 1.54) is 11.1 Å². The van der Waals surface area contributed by atoms with Gasteiger partial charge in [-0.15, -0.1) is 0 Å². The molecule has 27 heavy (non-hydrogen) atoms. The van der Waals surface area contributed by atoms with Crippen LogP contribution in [0, 0.1) is 5.92 Å². The predicted octanol–water partition coefficient (Wildman–Crippen LogP) is 4.37. The van der Waals surface area contributed by atoms with Crippen LogP contribution in [0.2, 0.25) is 0 Å². The molecule has 2 rings (SSSR count). The lowest BCUT2D eigenvalue weighted by Crippen LogP contribution is -2.39. The average molecular weight is 395 g/mol. The zero-order valence-electron chi connectivity index (χ0n) is 17.4. The monoisotopic (exact) mass is 394 g/mol. The van der Waals surface area contributed by atoms with Gasteiger partial charge in [-0.05, 0) is 74.6 Å². The van der Waals surface area contributed by atoms with Crippen molar-refractivity contribution in [3.63, 3.8) is 0 Å². The zero-order chi connectivity index (χ0) is 20.4. The van der Waals surface area contributed by atoms with Crippen molar-refractivity contribution in [2.24, 2.45) is 5.92 Å². The minimum Gasteiger partial charge on any atom is -0.326 e. The lowest BCUT2D eigenvalue weighted by atomic mass is 9.91. The Morgan fingerprint density at radius 2 is 1.67 bits per heavy atom. The summed E-state index contributed by atoms with van der Waals surface area (Å²) in [5.74, 6) is 1.64. The molecule has 0 saturated heterocycles. The summed E-state index contributed by atoms with van der Waals surface area (Å²) < 4.78 is 25.7. The second-order valence-electron chi connectivity index (χ2n) is 8.80. The molecule has 3 unspecified atom stereocenters. The fraction of sp³-hybridized carbons (Fsp3) is 0.667. The molecule has 3 atom stereocenters. The van der Waals surface area contributed by atoms with Crippen molar-refractivity contribution < 1.29 is 13.2 Å². The summed E-state index contributed by atoms with van der Waals surface area (Å²) in [5, 5.41) is 2.98. The molecule has 1 aromatic rings. The number of unbranched alkanes of at least 4 members (excludes halogenated alkanes) is 1. The Hall–Kier alpha value is -1.40. The molecule has 152 valence electrons. The highest BCUT2D eigenvalue weighted by Crippen LogP contribution is 2.46. The Morgan fingerprint density at radius 1 is 1.04 bits per heavy atom. The average Bonchev–Trinajstić information content (AvgIpc) is 2.78. The molecule has 1 aliphatic carbocycles. The van der Waals surface area contributed by atoms with Crippen LogP contribution in [-0.4, -0.2) is 25.6 Å². The van der Waals surface area contributed by atoms with Crippen LogP contribution in [0.5, 0.6) is 0 Å². The largest absolute Gasteiger partial charge is 0.326 e. The second kappa shape index (κ2) is 8.31. The van der Waals surface area contributed by atoms with Gasteiger partial charge in [0.1, 0.15) is 0 Å². The molecule has 0 saturated carbocycles. The maximum absolute atomic E-state index is 12.2. The first-order valence-electron chi connectivity index (χ1n) is 9.87. The molecule has 0 heterocycles. The number of carbonyl (C=O) groups excluding carboxylic acids is 1. The van der Waals surface area contributed by atoms with Crippen molar-refractivity contribution >= 4 is 21.6 Å². The third kappa shape index (κ3) is 5.11. The van der Waals surface area contributed by atoms with E-state index in [4.69, 9.17) is 0 Å². The summed E-state index contributed by atoms with van der Waals surface area (Å²) >= 11 is 0. The normalized spacial score (nSPS) is 22.5. The zero-order valence-corrected chi connectivity index (χ0v) is 18.2. The highest BCUT2D eigenvalue weighted by molar-refractivity contribution is 7.90. The maximum atomic E-state index is 12.2. The standard InChI is InChI=1S/C21H34N2O3S/c1-14-15(2)18-11-10-17(13-19(18)16(14)3)23-20(24)9-7-8-12-22-27(25,26)21(4,5)6/h10-11,13-16,22H,7-9,12H2,1-6H3,(H,23,24). The van der Waals surface area contributed by atoms with Crippen molar-refractivity contribution in [1.29, 1.82) is 0 Å². The SMILES string of the molecule is CC1c2ccc(NC(=O)CCCCNS(=O)(=O)C(C)(C)C)cc2C(C)C1C. The summed E-state index contributed by atoms with van der Waals surface area (Å²) in [7, 11) is -3.32. The second-order valence-corrected chi connectivity index (χ2v) is 11.3. The van der Waals surface area contributed by atoms with E-state index >= 15 is 0 Å². The fourth-order valence-electron chi connectivity index (χ4n) is 3.52. The Balaban J connectivity index is 1.79. The number of anilines is 1. The van der Waals surface area contributed by atoms with Crippen LogP contribution in [0.15, 0.2) is 18.2 Å². The van der Waals surface area contributed by atoms with Crippen LogP contribution in [-0.2, 0) is 14.8 Å². The number of amides is 1. The Kier molecular flexibility index (Phi) is 6.74. The molecule has 2 N–H and O–H groups in total. The van der Waals surface area contributed by atoms with E-state index in [9.17, 15) is 13.2 Å². The Bertz CT molecular complexity index is 781. The first-order chi connectivity index (χ1) is 12.4. The minimum absolute atomic E-state index is 0.0274. The highest BCUT2D eigenvalue weighted by Gasteiger charge is 2.32. The number of benzene rings is 1. The number of hydrogen-bond donors (Lipinski definition) is 2.